The Kier molecular flexibility index (Phi) is 5.46. The van der Waals surface area contributed by atoms with Crippen LogP contribution in [0.4, 0.5) is 11.4 Å². The van der Waals surface area contributed by atoms with Crippen LogP contribution in [0.5, 0.6) is 0 Å². The predicted molar refractivity (Wildman–Crippen MR) is 101 cm³/mol. The molecule has 1 aliphatic heterocycles. The van der Waals surface area contributed by atoms with Crippen molar-refractivity contribution in [3.8, 4) is 0 Å². The zero-order chi connectivity index (χ0) is 19.4. The first-order chi connectivity index (χ1) is 12.9. The van der Waals surface area contributed by atoms with Crippen LogP contribution in [0.2, 0.25) is 5.02 Å². The summed E-state index contributed by atoms with van der Waals surface area (Å²) in [5, 5.41) is 15.1. The molecule has 0 bridgehead atoms. The average Bonchev–Trinajstić information content (AvgIpc) is 3.04. The fourth-order valence-electron chi connectivity index (χ4n) is 2.73. The number of halogens is 1. The lowest BCUT2D eigenvalue weighted by Gasteiger charge is -2.16. The Bertz CT molecular complexity index is 914. The number of nitro benzene ring substituents is 1. The number of amides is 2. The van der Waals surface area contributed by atoms with Crippen LogP contribution in [0, 0.1) is 16.0 Å². The van der Waals surface area contributed by atoms with Crippen LogP contribution in [-0.2, 0) is 9.59 Å². The number of carbonyl (C=O) groups is 2. The molecule has 8 nitrogen and oxygen atoms in total. The summed E-state index contributed by atoms with van der Waals surface area (Å²) in [6.07, 6.45) is 1.40. The van der Waals surface area contributed by atoms with Gasteiger partial charge >= 0.3 is 0 Å². The number of hydrazone groups is 1. The third-order valence-electron chi connectivity index (χ3n) is 4.10. The molecule has 2 aromatic carbocycles. The Morgan fingerprint density at radius 3 is 2.74 bits per heavy atom. The highest BCUT2D eigenvalue weighted by Crippen LogP contribution is 2.26. The SMILES string of the molecule is O=C(NN=Cc1cccc([N+](=O)[O-])c1)[C@@H]1CC(=O)N(c2ccc(Cl)cc2)C1. The van der Waals surface area contributed by atoms with E-state index in [4.69, 9.17) is 11.6 Å². The normalized spacial score (nSPS) is 16.7. The van der Waals surface area contributed by atoms with E-state index in [0.29, 0.717) is 16.3 Å². The van der Waals surface area contributed by atoms with Crippen LogP contribution in [0.3, 0.4) is 0 Å². The Morgan fingerprint density at radius 1 is 1.30 bits per heavy atom. The number of rotatable bonds is 5. The summed E-state index contributed by atoms with van der Waals surface area (Å²) in [5.41, 5.74) is 3.48. The molecule has 1 heterocycles. The molecule has 2 aromatic rings. The predicted octanol–water partition coefficient (Wildman–Crippen LogP) is 2.75. The van der Waals surface area contributed by atoms with Crippen molar-refractivity contribution in [1.29, 1.82) is 0 Å². The molecular formula is C18H15ClN4O4. The van der Waals surface area contributed by atoms with Crippen LogP contribution in [0.1, 0.15) is 12.0 Å². The van der Waals surface area contributed by atoms with Gasteiger partial charge in [0.1, 0.15) is 0 Å². The number of nitrogens with zero attached hydrogens (tertiary/aromatic N) is 3. The van der Waals surface area contributed by atoms with Crippen LogP contribution < -0.4 is 10.3 Å². The van der Waals surface area contributed by atoms with Gasteiger partial charge < -0.3 is 4.90 Å². The largest absolute Gasteiger partial charge is 0.312 e. The highest BCUT2D eigenvalue weighted by Gasteiger charge is 2.35. The molecule has 2 amide bonds. The molecular weight excluding hydrogens is 372 g/mol. The van der Waals surface area contributed by atoms with E-state index in [1.54, 1.807) is 30.3 Å². The van der Waals surface area contributed by atoms with E-state index in [0.717, 1.165) is 0 Å². The van der Waals surface area contributed by atoms with Gasteiger partial charge in [0.25, 0.3) is 5.69 Å². The minimum Gasteiger partial charge on any atom is -0.312 e. The molecule has 27 heavy (non-hydrogen) atoms. The molecule has 1 aliphatic rings. The molecule has 1 fully saturated rings. The fourth-order valence-corrected chi connectivity index (χ4v) is 2.86. The fraction of sp³-hybridized carbons (Fsp3) is 0.167. The van der Waals surface area contributed by atoms with Gasteiger partial charge in [0.15, 0.2) is 0 Å². The maximum Gasteiger partial charge on any atom is 0.270 e. The summed E-state index contributed by atoms with van der Waals surface area (Å²) >= 11 is 5.85. The quantitative estimate of drug-likeness (QED) is 0.484. The Hall–Kier alpha value is -3.26. The van der Waals surface area contributed by atoms with Crippen molar-refractivity contribution in [3.63, 3.8) is 0 Å². The van der Waals surface area contributed by atoms with Gasteiger partial charge in [-0.25, -0.2) is 5.43 Å². The van der Waals surface area contributed by atoms with Crippen molar-refractivity contribution in [2.24, 2.45) is 11.0 Å². The first kappa shape index (κ1) is 18.5. The molecule has 1 N–H and O–H groups in total. The summed E-state index contributed by atoms with van der Waals surface area (Å²) in [6, 6.07) is 12.7. The van der Waals surface area contributed by atoms with Gasteiger partial charge in [0.2, 0.25) is 11.8 Å². The Balaban J connectivity index is 1.60. The molecule has 0 unspecified atom stereocenters. The zero-order valence-corrected chi connectivity index (χ0v) is 14.8. The highest BCUT2D eigenvalue weighted by atomic mass is 35.5. The molecule has 0 radical (unpaired) electrons. The van der Waals surface area contributed by atoms with Gasteiger partial charge in [-0.05, 0) is 24.3 Å². The number of carbonyl (C=O) groups excluding carboxylic acids is 2. The summed E-state index contributed by atoms with van der Waals surface area (Å²) in [5.74, 6) is -1.07. The minimum atomic E-state index is -0.532. The van der Waals surface area contributed by atoms with E-state index < -0.39 is 10.8 Å². The van der Waals surface area contributed by atoms with Crippen LogP contribution in [0.25, 0.3) is 0 Å². The van der Waals surface area contributed by atoms with Crippen molar-refractivity contribution < 1.29 is 14.5 Å². The maximum absolute atomic E-state index is 12.3. The van der Waals surface area contributed by atoms with Crippen LogP contribution in [-0.4, -0.2) is 29.5 Å². The number of hydrogen-bond acceptors (Lipinski definition) is 5. The first-order valence-electron chi connectivity index (χ1n) is 8.07. The maximum atomic E-state index is 12.3. The van der Waals surface area contributed by atoms with Gasteiger partial charge in [-0.2, -0.15) is 5.10 Å². The lowest BCUT2D eigenvalue weighted by atomic mass is 10.1. The van der Waals surface area contributed by atoms with Crippen molar-refractivity contribution in [2.75, 3.05) is 11.4 Å². The van der Waals surface area contributed by atoms with Crippen LogP contribution >= 0.6 is 11.6 Å². The van der Waals surface area contributed by atoms with Crippen molar-refractivity contribution >= 4 is 41.0 Å². The van der Waals surface area contributed by atoms with Crippen molar-refractivity contribution in [3.05, 3.63) is 69.2 Å². The second kappa shape index (κ2) is 7.96. The molecule has 0 saturated carbocycles. The molecule has 3 rings (SSSR count). The van der Waals surface area contributed by atoms with Gasteiger partial charge in [-0.15, -0.1) is 0 Å². The molecule has 1 saturated heterocycles. The van der Waals surface area contributed by atoms with Crippen LogP contribution in [0.15, 0.2) is 53.6 Å². The number of nitrogens with one attached hydrogen (secondary N) is 1. The highest BCUT2D eigenvalue weighted by molar-refractivity contribution is 6.30. The van der Waals surface area contributed by atoms with Gasteiger partial charge in [-0.3, -0.25) is 19.7 Å². The second-order valence-corrected chi connectivity index (χ2v) is 6.40. The average molecular weight is 387 g/mol. The molecule has 0 aromatic heterocycles. The smallest absolute Gasteiger partial charge is 0.270 e. The number of nitro groups is 1. The zero-order valence-electron chi connectivity index (χ0n) is 14.0. The second-order valence-electron chi connectivity index (χ2n) is 5.97. The van der Waals surface area contributed by atoms with Gasteiger partial charge in [0, 0.05) is 41.4 Å². The topological polar surface area (TPSA) is 105 Å². The summed E-state index contributed by atoms with van der Waals surface area (Å²) in [6.45, 7) is 0.249. The molecule has 0 aliphatic carbocycles. The summed E-state index contributed by atoms with van der Waals surface area (Å²) < 4.78 is 0. The number of hydrogen-bond donors (Lipinski definition) is 1. The van der Waals surface area contributed by atoms with E-state index in [-0.39, 0.29) is 30.5 Å². The van der Waals surface area contributed by atoms with E-state index in [9.17, 15) is 19.7 Å². The van der Waals surface area contributed by atoms with Crippen molar-refractivity contribution in [1.82, 2.24) is 5.43 Å². The minimum absolute atomic E-state index is 0.0646. The van der Waals surface area contributed by atoms with E-state index in [1.165, 1.54) is 29.3 Å². The molecule has 9 heteroatoms. The first-order valence-corrected chi connectivity index (χ1v) is 8.45. The third kappa shape index (κ3) is 4.48. The summed E-state index contributed by atoms with van der Waals surface area (Å²) in [7, 11) is 0. The van der Waals surface area contributed by atoms with E-state index in [2.05, 4.69) is 10.5 Å². The lowest BCUT2D eigenvalue weighted by Crippen LogP contribution is -2.30. The molecule has 0 spiro atoms. The molecule has 138 valence electrons. The van der Waals surface area contributed by atoms with Gasteiger partial charge in [0.05, 0.1) is 17.1 Å². The number of non-ortho nitro benzene ring substituents is 1. The monoisotopic (exact) mass is 386 g/mol. The number of anilines is 1. The van der Waals surface area contributed by atoms with Crippen molar-refractivity contribution in [2.45, 2.75) is 6.42 Å². The summed E-state index contributed by atoms with van der Waals surface area (Å²) in [4.78, 5) is 36.2. The third-order valence-corrected chi connectivity index (χ3v) is 4.36. The lowest BCUT2D eigenvalue weighted by molar-refractivity contribution is -0.384. The standard InChI is InChI=1S/C18H15ClN4O4/c19-14-4-6-15(7-5-14)22-11-13(9-17(22)24)18(25)21-20-10-12-2-1-3-16(8-12)23(26)27/h1-8,10,13H,9,11H2,(H,21,25)/t13-/m1/s1. The number of benzene rings is 2. The van der Waals surface area contributed by atoms with E-state index in [1.807, 2.05) is 0 Å². The Labute approximate surface area is 159 Å². The Morgan fingerprint density at radius 2 is 2.04 bits per heavy atom. The molecule has 1 atom stereocenters. The van der Waals surface area contributed by atoms with Gasteiger partial charge in [-0.1, -0.05) is 23.7 Å². The van der Waals surface area contributed by atoms with E-state index >= 15 is 0 Å².